The van der Waals surface area contributed by atoms with Gasteiger partial charge in [-0.2, -0.15) is 0 Å². The highest BCUT2D eigenvalue weighted by Crippen LogP contribution is 2.27. The van der Waals surface area contributed by atoms with Gasteiger partial charge in [0.05, 0.1) is 19.3 Å². The van der Waals surface area contributed by atoms with Gasteiger partial charge in [0.1, 0.15) is 5.75 Å². The van der Waals surface area contributed by atoms with Gasteiger partial charge in [-0.3, -0.25) is 9.59 Å². The molecule has 0 fully saturated rings. The fourth-order valence-electron chi connectivity index (χ4n) is 1.53. The fourth-order valence-corrected chi connectivity index (χ4v) is 1.70. The lowest BCUT2D eigenvalue weighted by molar-refractivity contribution is -0.120. The summed E-state index contributed by atoms with van der Waals surface area (Å²) in [4.78, 5) is 22.9. The van der Waals surface area contributed by atoms with Gasteiger partial charge in [-0.05, 0) is 25.2 Å². The third kappa shape index (κ3) is 5.46. The molecule has 0 spiro atoms. The number of hydrogen-bond acceptors (Lipinski definition) is 4. The number of methoxy groups -OCH3 is 1. The summed E-state index contributed by atoms with van der Waals surface area (Å²) in [6.45, 7) is 0.499. The summed E-state index contributed by atoms with van der Waals surface area (Å²) in [5.74, 6) is 0.151. The van der Waals surface area contributed by atoms with Crippen molar-refractivity contribution in [3.8, 4) is 5.75 Å². The standard InChI is InChI=1S/C13H18ClN3O3/c1-15-8-13(19)16-6-5-12(18)17-10-7-9(14)3-4-11(10)20-2/h3-4,7,15H,5-6,8H2,1-2H3,(H,16,19)(H,17,18). The van der Waals surface area contributed by atoms with Crippen molar-refractivity contribution < 1.29 is 14.3 Å². The van der Waals surface area contributed by atoms with Gasteiger partial charge >= 0.3 is 0 Å². The molecule has 1 rings (SSSR count). The van der Waals surface area contributed by atoms with Gasteiger partial charge in [0.2, 0.25) is 11.8 Å². The van der Waals surface area contributed by atoms with E-state index in [4.69, 9.17) is 16.3 Å². The Kier molecular flexibility index (Phi) is 6.83. The van der Waals surface area contributed by atoms with E-state index in [1.807, 2.05) is 0 Å². The number of amides is 2. The molecule has 0 aromatic heterocycles. The molecular formula is C13H18ClN3O3. The van der Waals surface area contributed by atoms with Crippen LogP contribution >= 0.6 is 11.6 Å². The number of anilines is 1. The number of ether oxygens (including phenoxy) is 1. The zero-order chi connectivity index (χ0) is 15.0. The smallest absolute Gasteiger partial charge is 0.233 e. The summed E-state index contributed by atoms with van der Waals surface area (Å²) in [7, 11) is 3.19. The number of likely N-dealkylation sites (N-methyl/N-ethyl adjacent to an activating group) is 1. The summed E-state index contributed by atoms with van der Waals surface area (Å²) in [6.07, 6.45) is 0.172. The Morgan fingerprint density at radius 1 is 1.30 bits per heavy atom. The highest BCUT2D eigenvalue weighted by atomic mass is 35.5. The van der Waals surface area contributed by atoms with Crippen molar-refractivity contribution in [3.05, 3.63) is 23.2 Å². The molecule has 0 heterocycles. The van der Waals surface area contributed by atoms with E-state index < -0.39 is 0 Å². The van der Waals surface area contributed by atoms with Crippen LogP contribution in [0.3, 0.4) is 0 Å². The molecule has 0 radical (unpaired) electrons. The molecular weight excluding hydrogens is 282 g/mol. The number of carbonyl (C=O) groups is 2. The Labute approximate surface area is 122 Å². The minimum atomic E-state index is -0.227. The summed E-state index contributed by atoms with van der Waals surface area (Å²) < 4.78 is 5.12. The van der Waals surface area contributed by atoms with E-state index in [-0.39, 0.29) is 31.3 Å². The summed E-state index contributed by atoms with van der Waals surface area (Å²) >= 11 is 5.87. The van der Waals surface area contributed by atoms with Crippen LogP contribution in [0.5, 0.6) is 5.75 Å². The maximum absolute atomic E-state index is 11.8. The molecule has 7 heteroatoms. The van der Waals surface area contributed by atoms with Gasteiger partial charge < -0.3 is 20.7 Å². The van der Waals surface area contributed by atoms with Crippen LogP contribution in [0.25, 0.3) is 0 Å². The van der Waals surface area contributed by atoms with Crippen LogP contribution in [-0.4, -0.2) is 39.1 Å². The van der Waals surface area contributed by atoms with Crippen LogP contribution in [0.1, 0.15) is 6.42 Å². The minimum absolute atomic E-state index is 0.152. The van der Waals surface area contributed by atoms with E-state index in [9.17, 15) is 9.59 Å². The maximum atomic E-state index is 11.8. The van der Waals surface area contributed by atoms with E-state index in [0.717, 1.165) is 0 Å². The Hall–Kier alpha value is -1.79. The van der Waals surface area contributed by atoms with Crippen molar-refractivity contribution >= 4 is 29.1 Å². The Balaban J connectivity index is 2.46. The number of benzene rings is 1. The van der Waals surface area contributed by atoms with Crippen LogP contribution in [0.4, 0.5) is 5.69 Å². The Morgan fingerprint density at radius 3 is 2.70 bits per heavy atom. The van der Waals surface area contributed by atoms with E-state index in [2.05, 4.69) is 16.0 Å². The second-order valence-corrected chi connectivity index (χ2v) is 4.46. The lowest BCUT2D eigenvalue weighted by atomic mass is 10.2. The molecule has 1 aromatic rings. The van der Waals surface area contributed by atoms with Crippen LogP contribution in [0.2, 0.25) is 5.02 Å². The molecule has 20 heavy (non-hydrogen) atoms. The lowest BCUT2D eigenvalue weighted by Crippen LogP contribution is -2.34. The van der Waals surface area contributed by atoms with E-state index in [1.54, 1.807) is 25.2 Å². The molecule has 0 atom stereocenters. The van der Waals surface area contributed by atoms with Gasteiger partial charge in [-0.15, -0.1) is 0 Å². The molecule has 0 bridgehead atoms. The van der Waals surface area contributed by atoms with Gasteiger partial charge in [0.15, 0.2) is 0 Å². The van der Waals surface area contributed by atoms with Crippen LogP contribution in [0, 0.1) is 0 Å². The largest absolute Gasteiger partial charge is 0.495 e. The second kappa shape index (κ2) is 8.39. The van der Waals surface area contributed by atoms with Crippen molar-refractivity contribution in [3.63, 3.8) is 0 Å². The molecule has 0 aliphatic heterocycles. The van der Waals surface area contributed by atoms with Crippen molar-refractivity contribution in [1.82, 2.24) is 10.6 Å². The molecule has 0 unspecified atom stereocenters. The molecule has 6 nitrogen and oxygen atoms in total. The average Bonchev–Trinajstić information content (AvgIpc) is 2.39. The highest BCUT2D eigenvalue weighted by Gasteiger charge is 2.08. The molecule has 0 aliphatic carbocycles. The first-order valence-corrected chi connectivity index (χ1v) is 6.49. The van der Waals surface area contributed by atoms with Crippen LogP contribution in [-0.2, 0) is 9.59 Å². The van der Waals surface area contributed by atoms with Gasteiger partial charge in [-0.25, -0.2) is 0 Å². The lowest BCUT2D eigenvalue weighted by Gasteiger charge is -2.10. The predicted octanol–water partition coefficient (Wildman–Crippen LogP) is 1.01. The maximum Gasteiger partial charge on any atom is 0.233 e. The SMILES string of the molecule is CNCC(=O)NCCC(=O)Nc1cc(Cl)ccc1OC. The number of carbonyl (C=O) groups excluding carboxylic acids is 2. The second-order valence-electron chi connectivity index (χ2n) is 4.02. The zero-order valence-electron chi connectivity index (χ0n) is 11.5. The first kappa shape index (κ1) is 16.3. The highest BCUT2D eigenvalue weighted by molar-refractivity contribution is 6.31. The summed E-state index contributed by atoms with van der Waals surface area (Å²) in [5, 5.41) is 8.54. The molecule has 3 N–H and O–H groups in total. The normalized spacial score (nSPS) is 9.95. The zero-order valence-corrected chi connectivity index (χ0v) is 12.2. The van der Waals surface area contributed by atoms with Crippen molar-refractivity contribution in [1.29, 1.82) is 0 Å². The van der Waals surface area contributed by atoms with Crippen molar-refractivity contribution in [2.45, 2.75) is 6.42 Å². The molecule has 0 saturated heterocycles. The first-order chi connectivity index (χ1) is 9.56. The minimum Gasteiger partial charge on any atom is -0.495 e. The van der Waals surface area contributed by atoms with Crippen LogP contribution < -0.4 is 20.7 Å². The number of halogens is 1. The van der Waals surface area contributed by atoms with Crippen LogP contribution in [0.15, 0.2) is 18.2 Å². The van der Waals surface area contributed by atoms with E-state index in [1.165, 1.54) is 7.11 Å². The van der Waals surface area contributed by atoms with E-state index in [0.29, 0.717) is 16.5 Å². The Morgan fingerprint density at radius 2 is 2.05 bits per heavy atom. The summed E-state index contributed by atoms with van der Waals surface area (Å²) in [5.41, 5.74) is 0.506. The average molecular weight is 300 g/mol. The summed E-state index contributed by atoms with van der Waals surface area (Å²) in [6, 6.07) is 4.96. The number of rotatable bonds is 7. The molecule has 0 saturated carbocycles. The third-order valence-electron chi connectivity index (χ3n) is 2.45. The van der Waals surface area contributed by atoms with Gasteiger partial charge in [0.25, 0.3) is 0 Å². The number of nitrogens with one attached hydrogen (secondary N) is 3. The molecule has 0 aliphatic rings. The molecule has 2 amide bonds. The third-order valence-corrected chi connectivity index (χ3v) is 2.68. The first-order valence-electron chi connectivity index (χ1n) is 6.11. The molecule has 1 aromatic carbocycles. The van der Waals surface area contributed by atoms with Crippen molar-refractivity contribution in [2.75, 3.05) is 32.6 Å². The van der Waals surface area contributed by atoms with Crippen molar-refractivity contribution in [2.24, 2.45) is 0 Å². The van der Waals surface area contributed by atoms with Gasteiger partial charge in [0, 0.05) is 18.0 Å². The topological polar surface area (TPSA) is 79.5 Å². The fraction of sp³-hybridized carbons (Fsp3) is 0.385. The monoisotopic (exact) mass is 299 g/mol. The van der Waals surface area contributed by atoms with Gasteiger partial charge in [-0.1, -0.05) is 11.6 Å². The quantitative estimate of drug-likeness (QED) is 0.702. The predicted molar refractivity (Wildman–Crippen MR) is 78.2 cm³/mol. The Bertz CT molecular complexity index is 480. The van der Waals surface area contributed by atoms with E-state index >= 15 is 0 Å². The number of hydrogen-bond donors (Lipinski definition) is 3. The molecule has 110 valence electrons.